The Morgan fingerprint density at radius 1 is 1.02 bits per heavy atom. The zero-order chi connectivity index (χ0) is 32.4. The molecule has 2 aromatic carbocycles. The maximum atomic E-state index is 14.2. The highest BCUT2D eigenvalue weighted by Crippen LogP contribution is 2.29. The lowest BCUT2D eigenvalue weighted by Crippen LogP contribution is -2.57. The zero-order valence-electron chi connectivity index (χ0n) is 26.2. The lowest BCUT2D eigenvalue weighted by atomic mass is 10.0. The third-order valence-corrected chi connectivity index (χ3v) is 7.82. The van der Waals surface area contributed by atoms with E-state index in [-0.39, 0.29) is 18.0 Å². The number of aromatic hydroxyl groups is 1. The van der Waals surface area contributed by atoms with Gasteiger partial charge in [0.2, 0.25) is 5.91 Å². The lowest BCUT2D eigenvalue weighted by molar-refractivity contribution is -0.141. The van der Waals surface area contributed by atoms with E-state index in [9.17, 15) is 27.9 Å². The van der Waals surface area contributed by atoms with Gasteiger partial charge in [-0.2, -0.15) is 0 Å². The van der Waals surface area contributed by atoms with Crippen LogP contribution in [0.4, 0.5) is 4.79 Å². The first-order chi connectivity index (χ1) is 20.1. The van der Waals surface area contributed by atoms with Crippen LogP contribution in [0.1, 0.15) is 71.9 Å². The number of hydrazine groups is 1. The summed E-state index contributed by atoms with van der Waals surface area (Å²) >= 11 is 0. The van der Waals surface area contributed by atoms with E-state index in [1.54, 1.807) is 64.1 Å². The van der Waals surface area contributed by atoms with Crippen molar-refractivity contribution in [3.05, 3.63) is 59.7 Å². The first kappa shape index (κ1) is 35.6. The summed E-state index contributed by atoms with van der Waals surface area (Å²) in [7, 11) is -3.10. The molecule has 0 spiro atoms. The second-order valence-corrected chi connectivity index (χ2v) is 13.4. The number of carbonyl (C=O) groups excluding carboxylic acids is 3. The second-order valence-electron chi connectivity index (χ2n) is 11.8. The van der Waals surface area contributed by atoms with Gasteiger partial charge in [-0.05, 0) is 63.1 Å². The molecule has 0 aliphatic heterocycles. The van der Waals surface area contributed by atoms with Crippen LogP contribution in [0.2, 0.25) is 0 Å². The largest absolute Gasteiger partial charge is 0.506 e. The highest BCUT2D eigenvalue weighted by molar-refractivity contribution is 7.89. The van der Waals surface area contributed by atoms with Crippen molar-refractivity contribution in [3.63, 3.8) is 0 Å². The number of hydrogen-bond donors (Lipinski definition) is 3. The fraction of sp³-hybridized carbons (Fsp3) is 0.516. The third-order valence-electron chi connectivity index (χ3n) is 6.45. The molecular weight excluding hydrogens is 572 g/mol. The Labute approximate surface area is 255 Å². The number of nitrogens with one attached hydrogen (secondary N) is 2. The van der Waals surface area contributed by atoms with Crippen LogP contribution in [0.5, 0.6) is 5.75 Å². The van der Waals surface area contributed by atoms with E-state index in [4.69, 9.17) is 4.74 Å². The number of para-hydroxylation sites is 1. The molecule has 0 aromatic heterocycles. The molecule has 1 atom stereocenters. The van der Waals surface area contributed by atoms with Crippen LogP contribution in [0.25, 0.3) is 0 Å². The monoisotopic (exact) mass is 618 g/mol. The predicted molar refractivity (Wildman–Crippen MR) is 164 cm³/mol. The number of rotatable bonds is 14. The van der Waals surface area contributed by atoms with Gasteiger partial charge in [0.05, 0.1) is 13.0 Å². The minimum absolute atomic E-state index is 0.0763. The number of phenols is 1. The molecule has 0 fully saturated rings. The predicted octanol–water partition coefficient (Wildman–Crippen LogP) is 4.35. The van der Waals surface area contributed by atoms with Crippen molar-refractivity contribution < 1.29 is 32.6 Å². The average molecular weight is 619 g/mol. The van der Waals surface area contributed by atoms with Crippen LogP contribution in [-0.4, -0.2) is 66.6 Å². The molecule has 0 heterocycles. The molecule has 3 amide bonds. The zero-order valence-corrected chi connectivity index (χ0v) is 27.0. The van der Waals surface area contributed by atoms with Crippen molar-refractivity contribution in [1.82, 2.24) is 20.1 Å². The number of phenolic OH excluding ortho intramolecular Hbond substituents is 1. The molecule has 12 heteroatoms. The van der Waals surface area contributed by atoms with E-state index in [1.807, 2.05) is 13.8 Å². The summed E-state index contributed by atoms with van der Waals surface area (Å²) < 4.78 is 33.0. The van der Waals surface area contributed by atoms with Crippen molar-refractivity contribution >= 4 is 27.9 Å². The average Bonchev–Trinajstić information content (AvgIpc) is 2.92. The lowest BCUT2D eigenvalue weighted by Gasteiger charge is -2.35. The van der Waals surface area contributed by atoms with Crippen molar-refractivity contribution in [2.75, 3.05) is 13.6 Å². The van der Waals surface area contributed by atoms with Gasteiger partial charge in [0.1, 0.15) is 22.3 Å². The molecule has 238 valence electrons. The second kappa shape index (κ2) is 15.7. The molecule has 2 aromatic rings. The van der Waals surface area contributed by atoms with Crippen molar-refractivity contribution in [3.8, 4) is 5.75 Å². The highest BCUT2D eigenvalue weighted by atomic mass is 32.2. The van der Waals surface area contributed by atoms with Crippen LogP contribution in [0, 0.1) is 5.92 Å². The van der Waals surface area contributed by atoms with Crippen molar-refractivity contribution in [2.45, 2.75) is 90.3 Å². The fourth-order valence-corrected chi connectivity index (χ4v) is 5.46. The molecule has 2 rings (SSSR count). The van der Waals surface area contributed by atoms with Gasteiger partial charge in [-0.15, -0.1) is 4.83 Å². The Balaban J connectivity index is 2.59. The summed E-state index contributed by atoms with van der Waals surface area (Å²) in [6, 6.07) is 11.7. The molecule has 0 bridgehead atoms. The summed E-state index contributed by atoms with van der Waals surface area (Å²) in [4.78, 5) is 43.2. The topological polar surface area (TPSA) is 145 Å². The van der Waals surface area contributed by atoms with Gasteiger partial charge in [0.15, 0.2) is 0 Å². The maximum absolute atomic E-state index is 14.2. The first-order valence-corrected chi connectivity index (χ1v) is 16.0. The standard InChI is InChI=1S/C31H46N4O7S/c1-8-19-34(30(39)42-31(4,5)6)25(20-27(36)32-7)29(38)35(21-23-13-10-9-11-14-23)33-43(40,41)26-16-12-15-24(28(26)37)18-17-22(2)3/h9-16,22,25,33,37H,8,17-21H2,1-7H3,(H,32,36)/t25-/m0/s1. The molecule has 0 saturated carbocycles. The summed E-state index contributed by atoms with van der Waals surface area (Å²) in [5.41, 5.74) is 0.174. The minimum atomic E-state index is -4.50. The summed E-state index contributed by atoms with van der Waals surface area (Å²) in [6.07, 6.45) is 0.405. The van der Waals surface area contributed by atoms with Gasteiger partial charge in [-0.1, -0.05) is 63.2 Å². The van der Waals surface area contributed by atoms with Crippen LogP contribution in [0.15, 0.2) is 53.4 Å². The van der Waals surface area contributed by atoms with Gasteiger partial charge in [-0.25, -0.2) is 13.2 Å². The summed E-state index contributed by atoms with van der Waals surface area (Å²) in [5.74, 6) is -1.43. The van der Waals surface area contributed by atoms with Gasteiger partial charge in [-0.3, -0.25) is 19.5 Å². The van der Waals surface area contributed by atoms with E-state index in [2.05, 4.69) is 10.1 Å². The molecule has 11 nitrogen and oxygen atoms in total. The Morgan fingerprint density at radius 2 is 1.67 bits per heavy atom. The molecule has 43 heavy (non-hydrogen) atoms. The molecule has 0 aliphatic carbocycles. The number of aryl methyl sites for hydroxylation is 1. The fourth-order valence-electron chi connectivity index (χ4n) is 4.27. The molecule has 0 aliphatic rings. The number of carbonyl (C=O) groups is 3. The maximum Gasteiger partial charge on any atom is 0.410 e. The summed E-state index contributed by atoms with van der Waals surface area (Å²) in [6.45, 7) is 10.8. The van der Waals surface area contributed by atoms with E-state index >= 15 is 0 Å². The van der Waals surface area contributed by atoms with Crippen molar-refractivity contribution in [2.24, 2.45) is 5.92 Å². The quantitative estimate of drug-likeness (QED) is 0.267. The number of benzene rings is 2. The molecule has 0 saturated heterocycles. The van der Waals surface area contributed by atoms with Crippen LogP contribution < -0.4 is 10.1 Å². The van der Waals surface area contributed by atoms with E-state index in [0.29, 0.717) is 29.9 Å². The number of nitrogens with zero attached hydrogens (tertiary/aromatic N) is 2. The Kier molecular flexibility index (Phi) is 13.0. The van der Waals surface area contributed by atoms with E-state index in [1.165, 1.54) is 19.2 Å². The van der Waals surface area contributed by atoms with Crippen LogP contribution in [0.3, 0.4) is 0 Å². The van der Waals surface area contributed by atoms with E-state index < -0.39 is 51.7 Å². The van der Waals surface area contributed by atoms with Crippen LogP contribution >= 0.6 is 0 Å². The van der Waals surface area contributed by atoms with E-state index in [0.717, 1.165) is 16.3 Å². The Morgan fingerprint density at radius 3 is 2.23 bits per heavy atom. The number of hydrogen-bond acceptors (Lipinski definition) is 7. The smallest absolute Gasteiger partial charge is 0.410 e. The molecule has 0 radical (unpaired) electrons. The number of sulfonamides is 1. The molecule has 0 unspecified atom stereocenters. The Bertz CT molecular complexity index is 1340. The normalized spacial score (nSPS) is 12.5. The Hall–Kier alpha value is -3.64. The van der Waals surface area contributed by atoms with Gasteiger partial charge >= 0.3 is 6.09 Å². The summed E-state index contributed by atoms with van der Waals surface area (Å²) in [5, 5.41) is 14.3. The number of ether oxygens (including phenoxy) is 1. The highest BCUT2D eigenvalue weighted by Gasteiger charge is 2.38. The first-order valence-electron chi connectivity index (χ1n) is 14.5. The SMILES string of the molecule is CCCN(C(=O)OC(C)(C)C)[C@@H](CC(=O)NC)C(=O)N(Cc1ccccc1)NS(=O)(=O)c1cccc(CCC(C)C)c1O. The molecular formula is C31H46N4O7S. The van der Waals surface area contributed by atoms with Gasteiger partial charge in [0, 0.05) is 13.6 Å². The minimum Gasteiger partial charge on any atom is -0.506 e. The van der Waals surface area contributed by atoms with Crippen molar-refractivity contribution in [1.29, 1.82) is 0 Å². The van der Waals surface area contributed by atoms with Gasteiger partial charge in [0.25, 0.3) is 15.9 Å². The van der Waals surface area contributed by atoms with Crippen LogP contribution in [-0.2, 0) is 37.3 Å². The number of amides is 3. The molecule has 3 N–H and O–H groups in total. The third kappa shape index (κ3) is 10.9. The van der Waals surface area contributed by atoms with Gasteiger partial charge < -0.3 is 15.2 Å².